The second-order valence-corrected chi connectivity index (χ2v) is 4.92. The lowest BCUT2D eigenvalue weighted by atomic mass is 10.0. The van der Waals surface area contributed by atoms with Crippen LogP contribution in [0.1, 0.15) is 40.5 Å². The van der Waals surface area contributed by atoms with E-state index < -0.39 is 0 Å². The van der Waals surface area contributed by atoms with Crippen LogP contribution in [0.3, 0.4) is 0 Å². The lowest BCUT2D eigenvalue weighted by molar-refractivity contribution is 0.313. The topological polar surface area (TPSA) is 15.3 Å². The van der Waals surface area contributed by atoms with Gasteiger partial charge in [0.2, 0.25) is 0 Å². The van der Waals surface area contributed by atoms with Crippen LogP contribution in [-0.2, 0) is 0 Å². The van der Waals surface area contributed by atoms with Gasteiger partial charge in [-0.1, -0.05) is 20.8 Å². The third-order valence-electron chi connectivity index (χ3n) is 2.75. The van der Waals surface area contributed by atoms with E-state index in [2.05, 4.69) is 52.0 Å². The molecule has 0 aromatic carbocycles. The maximum atomic E-state index is 3.69. The minimum atomic E-state index is 0.629. The van der Waals surface area contributed by atoms with E-state index in [0.29, 0.717) is 12.1 Å². The second kappa shape index (κ2) is 7.24. The number of nitrogens with one attached hydrogen (secondary N) is 1. The van der Waals surface area contributed by atoms with Gasteiger partial charge in [0.15, 0.2) is 0 Å². The molecule has 0 aliphatic rings. The predicted octanol–water partition coefficient (Wildman–Crippen LogP) is 2.35. The molecule has 2 heteroatoms. The Balaban J connectivity index is 3.73. The monoisotopic (exact) mass is 200 g/mol. The minimum Gasteiger partial charge on any atom is -0.311 e. The fraction of sp³-hybridized carbons (Fsp3) is 1.00. The molecule has 1 N–H and O–H groups in total. The molecule has 0 heterocycles. The average Bonchev–Trinajstić information content (AvgIpc) is 2.10. The van der Waals surface area contributed by atoms with Gasteiger partial charge < -0.3 is 10.2 Å². The van der Waals surface area contributed by atoms with Gasteiger partial charge >= 0.3 is 0 Å². The molecule has 0 rings (SSSR count). The smallest absolute Gasteiger partial charge is 0.00899 e. The molecule has 0 aromatic heterocycles. The molecule has 14 heavy (non-hydrogen) atoms. The van der Waals surface area contributed by atoms with Gasteiger partial charge in [-0.25, -0.2) is 0 Å². The van der Waals surface area contributed by atoms with Crippen molar-refractivity contribution >= 4 is 0 Å². The van der Waals surface area contributed by atoms with Crippen LogP contribution in [0, 0.1) is 5.92 Å². The molecule has 0 amide bonds. The van der Waals surface area contributed by atoms with Gasteiger partial charge in [-0.15, -0.1) is 0 Å². The fourth-order valence-corrected chi connectivity index (χ4v) is 1.68. The summed E-state index contributed by atoms with van der Waals surface area (Å²) in [4.78, 5) is 2.24. The van der Waals surface area contributed by atoms with Gasteiger partial charge in [-0.3, -0.25) is 0 Å². The highest BCUT2D eigenvalue weighted by atomic mass is 15.1. The molecule has 0 bridgehead atoms. The van der Waals surface area contributed by atoms with Crippen molar-refractivity contribution < 1.29 is 0 Å². The summed E-state index contributed by atoms with van der Waals surface area (Å²) >= 11 is 0. The van der Waals surface area contributed by atoms with Gasteiger partial charge in [0.05, 0.1) is 0 Å². The summed E-state index contributed by atoms with van der Waals surface area (Å²) in [6.45, 7) is 10.3. The van der Waals surface area contributed by atoms with E-state index in [-0.39, 0.29) is 0 Å². The van der Waals surface area contributed by atoms with Crippen LogP contribution in [0.5, 0.6) is 0 Å². The van der Waals surface area contributed by atoms with Crippen LogP contribution in [-0.4, -0.2) is 37.6 Å². The summed E-state index contributed by atoms with van der Waals surface area (Å²) in [5.74, 6) is 0.738. The molecule has 0 radical (unpaired) electrons. The molecule has 0 saturated heterocycles. The fourth-order valence-electron chi connectivity index (χ4n) is 1.68. The van der Waals surface area contributed by atoms with Crippen LogP contribution in [0.25, 0.3) is 0 Å². The van der Waals surface area contributed by atoms with Gasteiger partial charge in [-0.2, -0.15) is 0 Å². The normalized spacial score (nSPS) is 16.3. The van der Waals surface area contributed by atoms with E-state index in [0.717, 1.165) is 5.92 Å². The molecule has 2 atom stereocenters. The Morgan fingerprint density at radius 3 is 2.07 bits per heavy atom. The number of hydrogen-bond acceptors (Lipinski definition) is 2. The van der Waals surface area contributed by atoms with Crippen molar-refractivity contribution in [1.29, 1.82) is 0 Å². The zero-order chi connectivity index (χ0) is 11.1. The molecular weight excluding hydrogens is 172 g/mol. The molecule has 0 fully saturated rings. The Kier molecular flexibility index (Phi) is 7.20. The van der Waals surface area contributed by atoms with E-state index in [4.69, 9.17) is 0 Å². The number of hydrogen-bond donors (Lipinski definition) is 1. The van der Waals surface area contributed by atoms with Crippen molar-refractivity contribution in [3.63, 3.8) is 0 Å². The van der Waals surface area contributed by atoms with E-state index in [1.54, 1.807) is 0 Å². The summed E-state index contributed by atoms with van der Waals surface area (Å²) in [5, 5.41) is 3.69. The Labute approximate surface area is 90.1 Å². The zero-order valence-electron chi connectivity index (χ0n) is 10.8. The number of nitrogens with zero attached hydrogens (tertiary/aromatic N) is 1. The van der Waals surface area contributed by atoms with E-state index in [9.17, 15) is 0 Å². The Bertz CT molecular complexity index is 132. The van der Waals surface area contributed by atoms with E-state index >= 15 is 0 Å². The lowest BCUT2D eigenvalue weighted by Gasteiger charge is -2.26. The van der Waals surface area contributed by atoms with Gasteiger partial charge in [0.1, 0.15) is 0 Å². The van der Waals surface area contributed by atoms with Crippen LogP contribution in [0.15, 0.2) is 0 Å². The van der Waals surface area contributed by atoms with E-state index in [1.165, 1.54) is 19.4 Å². The molecule has 0 saturated carbocycles. The molecule has 2 unspecified atom stereocenters. The average molecular weight is 200 g/mol. The van der Waals surface area contributed by atoms with Crippen molar-refractivity contribution in [2.75, 3.05) is 20.6 Å². The Morgan fingerprint density at radius 2 is 1.71 bits per heavy atom. The first-order valence-electron chi connectivity index (χ1n) is 5.88. The standard InChI is InChI=1S/C12H28N2/c1-7-12(10(2)3)13-11(4)8-9-14(5)6/h10-13H,7-9H2,1-6H3. The summed E-state index contributed by atoms with van der Waals surface area (Å²) < 4.78 is 0. The SMILES string of the molecule is CCC(NC(C)CCN(C)C)C(C)C. The van der Waals surface area contributed by atoms with Crippen molar-refractivity contribution in [3.05, 3.63) is 0 Å². The Morgan fingerprint density at radius 1 is 1.14 bits per heavy atom. The summed E-state index contributed by atoms with van der Waals surface area (Å²) in [5.41, 5.74) is 0. The van der Waals surface area contributed by atoms with Crippen molar-refractivity contribution in [2.45, 2.75) is 52.6 Å². The summed E-state index contributed by atoms with van der Waals surface area (Å²) in [7, 11) is 4.26. The molecule has 0 aromatic rings. The van der Waals surface area contributed by atoms with Crippen molar-refractivity contribution in [3.8, 4) is 0 Å². The Hall–Kier alpha value is -0.0800. The quantitative estimate of drug-likeness (QED) is 0.678. The first-order chi connectivity index (χ1) is 6.47. The second-order valence-electron chi connectivity index (χ2n) is 4.92. The lowest BCUT2D eigenvalue weighted by Crippen LogP contribution is -2.40. The molecule has 0 spiro atoms. The maximum Gasteiger partial charge on any atom is 0.00899 e. The highest BCUT2D eigenvalue weighted by molar-refractivity contribution is 4.73. The third kappa shape index (κ3) is 6.39. The first-order valence-corrected chi connectivity index (χ1v) is 5.88. The van der Waals surface area contributed by atoms with Crippen LogP contribution >= 0.6 is 0 Å². The predicted molar refractivity (Wildman–Crippen MR) is 64.7 cm³/mol. The van der Waals surface area contributed by atoms with Crippen molar-refractivity contribution in [2.24, 2.45) is 5.92 Å². The highest BCUT2D eigenvalue weighted by Gasteiger charge is 2.13. The van der Waals surface area contributed by atoms with Crippen LogP contribution < -0.4 is 5.32 Å². The molecular formula is C12H28N2. The molecule has 2 nitrogen and oxygen atoms in total. The van der Waals surface area contributed by atoms with Crippen LogP contribution in [0.2, 0.25) is 0 Å². The first kappa shape index (κ1) is 13.9. The van der Waals surface area contributed by atoms with Gasteiger partial charge in [-0.05, 0) is 46.3 Å². The summed E-state index contributed by atoms with van der Waals surface area (Å²) in [6, 6.07) is 1.30. The molecule has 0 aliphatic heterocycles. The molecule has 0 aliphatic carbocycles. The summed E-state index contributed by atoms with van der Waals surface area (Å²) in [6.07, 6.45) is 2.46. The maximum absolute atomic E-state index is 3.69. The number of rotatable bonds is 7. The van der Waals surface area contributed by atoms with Gasteiger partial charge in [0, 0.05) is 12.1 Å². The van der Waals surface area contributed by atoms with Gasteiger partial charge in [0.25, 0.3) is 0 Å². The highest BCUT2D eigenvalue weighted by Crippen LogP contribution is 2.07. The molecule has 86 valence electrons. The van der Waals surface area contributed by atoms with E-state index in [1.807, 2.05) is 0 Å². The third-order valence-corrected chi connectivity index (χ3v) is 2.75. The minimum absolute atomic E-state index is 0.629. The van der Waals surface area contributed by atoms with Crippen LogP contribution in [0.4, 0.5) is 0 Å². The van der Waals surface area contributed by atoms with Crippen molar-refractivity contribution in [1.82, 2.24) is 10.2 Å². The largest absolute Gasteiger partial charge is 0.311 e. The zero-order valence-corrected chi connectivity index (χ0v) is 10.8.